The molecular weight excluding hydrogens is 312 g/mol. The van der Waals surface area contributed by atoms with Gasteiger partial charge in [0.15, 0.2) is 0 Å². The van der Waals surface area contributed by atoms with Gasteiger partial charge in [0, 0.05) is 19.3 Å². The molecule has 1 atom stereocenters. The summed E-state index contributed by atoms with van der Waals surface area (Å²) in [6.07, 6.45) is 0.930. The number of carboxylic acids is 1. The molecule has 0 aromatic carbocycles. The molecule has 1 aliphatic heterocycles. The lowest BCUT2D eigenvalue weighted by molar-refractivity contribution is -0.139. The van der Waals surface area contributed by atoms with E-state index in [4.69, 9.17) is 10.00 Å². The Morgan fingerprint density at radius 1 is 1.42 bits per heavy atom. The minimum atomic E-state index is -1.06. The van der Waals surface area contributed by atoms with Crippen LogP contribution in [0.3, 0.4) is 0 Å². The number of pyridine rings is 1. The van der Waals surface area contributed by atoms with Crippen LogP contribution in [-0.2, 0) is 9.53 Å². The highest BCUT2D eigenvalue weighted by Crippen LogP contribution is 2.21. The molecular formula is C16H20N4O4. The number of ether oxygens (including phenoxy) is 1. The van der Waals surface area contributed by atoms with Crippen LogP contribution in [0.2, 0.25) is 0 Å². The van der Waals surface area contributed by atoms with E-state index in [1.54, 1.807) is 37.8 Å². The number of nitrogens with zero attached hydrogens (tertiary/aromatic N) is 4. The average Bonchev–Trinajstić information content (AvgIpc) is 2.52. The first-order chi connectivity index (χ1) is 11.2. The Labute approximate surface area is 140 Å². The monoisotopic (exact) mass is 332 g/mol. The number of carboxylic acid groups (broad SMARTS) is 1. The molecule has 128 valence electrons. The molecule has 1 aliphatic rings. The smallest absolute Gasteiger partial charge is 0.410 e. The summed E-state index contributed by atoms with van der Waals surface area (Å²) >= 11 is 0. The Balaban J connectivity index is 2.18. The lowest BCUT2D eigenvalue weighted by Gasteiger charge is -2.40. The second-order valence-corrected chi connectivity index (χ2v) is 6.49. The van der Waals surface area contributed by atoms with E-state index >= 15 is 0 Å². The first-order valence-corrected chi connectivity index (χ1v) is 7.55. The predicted molar refractivity (Wildman–Crippen MR) is 85.5 cm³/mol. The van der Waals surface area contributed by atoms with Crippen LogP contribution in [0.15, 0.2) is 18.3 Å². The third kappa shape index (κ3) is 4.13. The molecule has 0 unspecified atom stereocenters. The van der Waals surface area contributed by atoms with Gasteiger partial charge in [-0.15, -0.1) is 0 Å². The second kappa shape index (κ2) is 6.74. The van der Waals surface area contributed by atoms with Crippen LogP contribution < -0.4 is 4.90 Å². The van der Waals surface area contributed by atoms with Gasteiger partial charge in [0.2, 0.25) is 0 Å². The van der Waals surface area contributed by atoms with Crippen LogP contribution in [0.1, 0.15) is 26.3 Å². The van der Waals surface area contributed by atoms with Crippen LogP contribution in [0, 0.1) is 11.3 Å². The van der Waals surface area contributed by atoms with Crippen molar-refractivity contribution in [1.82, 2.24) is 9.88 Å². The Hall–Kier alpha value is -2.82. The van der Waals surface area contributed by atoms with Gasteiger partial charge in [-0.05, 0) is 32.9 Å². The quantitative estimate of drug-likeness (QED) is 0.873. The van der Waals surface area contributed by atoms with Gasteiger partial charge >= 0.3 is 12.1 Å². The maximum atomic E-state index is 12.2. The van der Waals surface area contributed by atoms with Gasteiger partial charge in [-0.3, -0.25) is 0 Å². The van der Waals surface area contributed by atoms with Crippen molar-refractivity contribution in [2.45, 2.75) is 32.4 Å². The second-order valence-electron chi connectivity index (χ2n) is 6.49. The standard InChI is InChI=1S/C16H20N4O4/c1-16(2,3)24-15(23)19-6-7-20(12(10-19)14(21)22)13-8-11(9-17)4-5-18-13/h4-5,8,12H,6-7,10H2,1-3H3,(H,21,22)/t12-/m1/s1. The number of hydrogen-bond acceptors (Lipinski definition) is 6. The molecule has 0 radical (unpaired) electrons. The molecule has 0 saturated carbocycles. The van der Waals surface area contributed by atoms with Crippen molar-refractivity contribution >= 4 is 17.9 Å². The zero-order valence-electron chi connectivity index (χ0n) is 13.9. The fourth-order valence-corrected chi connectivity index (χ4v) is 2.41. The highest BCUT2D eigenvalue weighted by atomic mass is 16.6. The minimum absolute atomic E-state index is 0.0112. The topological polar surface area (TPSA) is 107 Å². The highest BCUT2D eigenvalue weighted by molar-refractivity contribution is 5.80. The van der Waals surface area contributed by atoms with Crippen molar-refractivity contribution < 1.29 is 19.4 Å². The van der Waals surface area contributed by atoms with Crippen molar-refractivity contribution in [3.8, 4) is 6.07 Å². The van der Waals surface area contributed by atoms with Gasteiger partial charge in [-0.2, -0.15) is 5.26 Å². The van der Waals surface area contributed by atoms with Crippen LogP contribution >= 0.6 is 0 Å². The lowest BCUT2D eigenvalue weighted by Crippen LogP contribution is -2.58. The number of carbonyl (C=O) groups excluding carboxylic acids is 1. The van der Waals surface area contributed by atoms with Crippen LogP contribution in [0.4, 0.5) is 10.6 Å². The number of amides is 1. The molecule has 8 heteroatoms. The van der Waals surface area contributed by atoms with Crippen molar-refractivity contribution in [1.29, 1.82) is 5.26 Å². The molecule has 1 amide bonds. The van der Waals surface area contributed by atoms with Gasteiger partial charge in [-0.1, -0.05) is 0 Å². The SMILES string of the molecule is CC(C)(C)OC(=O)N1CCN(c2cc(C#N)ccn2)[C@@H](C(=O)O)C1. The predicted octanol–water partition coefficient (Wildman–Crippen LogP) is 1.46. The van der Waals surface area contributed by atoms with Gasteiger partial charge in [0.25, 0.3) is 0 Å². The molecule has 0 bridgehead atoms. The van der Waals surface area contributed by atoms with E-state index in [-0.39, 0.29) is 13.1 Å². The molecule has 1 aromatic heterocycles. The van der Waals surface area contributed by atoms with E-state index < -0.39 is 23.7 Å². The first kappa shape index (κ1) is 17.5. The number of aromatic nitrogens is 1. The summed E-state index contributed by atoms with van der Waals surface area (Å²) in [6.45, 7) is 5.87. The molecule has 0 aliphatic carbocycles. The third-order valence-corrected chi connectivity index (χ3v) is 3.49. The Morgan fingerprint density at radius 2 is 2.12 bits per heavy atom. The van der Waals surface area contributed by atoms with Crippen molar-refractivity contribution in [2.24, 2.45) is 0 Å². The maximum absolute atomic E-state index is 12.2. The molecule has 1 saturated heterocycles. The van der Waals surface area contributed by atoms with E-state index in [0.29, 0.717) is 17.9 Å². The summed E-state index contributed by atoms with van der Waals surface area (Å²) in [6, 6.07) is 4.15. The minimum Gasteiger partial charge on any atom is -0.480 e. The van der Waals surface area contributed by atoms with Crippen LogP contribution in [0.25, 0.3) is 0 Å². The number of aliphatic carboxylic acids is 1. The van der Waals surface area contributed by atoms with Crippen LogP contribution in [-0.4, -0.2) is 58.3 Å². The Kier molecular flexibility index (Phi) is 4.93. The third-order valence-electron chi connectivity index (χ3n) is 3.49. The van der Waals surface area contributed by atoms with Gasteiger partial charge < -0.3 is 19.6 Å². The number of nitriles is 1. The summed E-state index contributed by atoms with van der Waals surface area (Å²) in [5.74, 6) is -0.655. The van der Waals surface area contributed by atoms with Gasteiger partial charge in [0.1, 0.15) is 17.5 Å². The van der Waals surface area contributed by atoms with E-state index in [9.17, 15) is 14.7 Å². The summed E-state index contributed by atoms with van der Waals surface area (Å²) in [5.41, 5.74) is -0.242. The van der Waals surface area contributed by atoms with E-state index in [0.717, 1.165) is 0 Å². The van der Waals surface area contributed by atoms with Crippen molar-refractivity contribution in [2.75, 3.05) is 24.5 Å². The summed E-state index contributed by atoms with van der Waals surface area (Å²) < 4.78 is 5.30. The molecule has 2 rings (SSSR count). The zero-order valence-corrected chi connectivity index (χ0v) is 13.9. The average molecular weight is 332 g/mol. The fraction of sp³-hybridized carbons (Fsp3) is 0.500. The van der Waals surface area contributed by atoms with Gasteiger partial charge in [-0.25, -0.2) is 14.6 Å². The largest absolute Gasteiger partial charge is 0.480 e. The summed E-state index contributed by atoms with van der Waals surface area (Å²) in [5, 5.41) is 18.5. The normalized spacial score (nSPS) is 18.0. The van der Waals surface area contributed by atoms with Crippen LogP contribution in [0.5, 0.6) is 0 Å². The number of hydrogen-bond donors (Lipinski definition) is 1. The number of rotatable bonds is 2. The number of piperazine rings is 1. The zero-order chi connectivity index (χ0) is 17.9. The van der Waals surface area contributed by atoms with E-state index in [2.05, 4.69) is 4.98 Å². The highest BCUT2D eigenvalue weighted by Gasteiger charge is 2.36. The van der Waals surface area contributed by atoms with Gasteiger partial charge in [0.05, 0.1) is 18.2 Å². The lowest BCUT2D eigenvalue weighted by atomic mass is 10.1. The fourth-order valence-electron chi connectivity index (χ4n) is 2.41. The molecule has 2 heterocycles. The first-order valence-electron chi connectivity index (χ1n) is 7.55. The Morgan fingerprint density at radius 3 is 2.71 bits per heavy atom. The number of carbonyl (C=O) groups is 2. The Bertz CT molecular complexity index is 677. The van der Waals surface area contributed by atoms with Crippen molar-refractivity contribution in [3.63, 3.8) is 0 Å². The molecule has 0 spiro atoms. The van der Waals surface area contributed by atoms with E-state index in [1.807, 2.05) is 6.07 Å². The summed E-state index contributed by atoms with van der Waals surface area (Å²) in [7, 11) is 0. The van der Waals surface area contributed by atoms with E-state index in [1.165, 1.54) is 11.1 Å². The molecule has 1 aromatic rings. The number of anilines is 1. The molecule has 1 fully saturated rings. The van der Waals surface area contributed by atoms with Crippen molar-refractivity contribution in [3.05, 3.63) is 23.9 Å². The molecule has 1 N–H and O–H groups in total. The molecule has 8 nitrogen and oxygen atoms in total. The summed E-state index contributed by atoms with van der Waals surface area (Å²) in [4.78, 5) is 30.9. The molecule has 24 heavy (non-hydrogen) atoms. The maximum Gasteiger partial charge on any atom is 0.410 e.